The van der Waals surface area contributed by atoms with Gasteiger partial charge in [-0.05, 0) is 49.9 Å². The zero-order chi connectivity index (χ0) is 23.6. The highest BCUT2D eigenvalue weighted by atomic mass is 32.2. The van der Waals surface area contributed by atoms with Crippen molar-refractivity contribution in [1.82, 2.24) is 10.2 Å². The summed E-state index contributed by atoms with van der Waals surface area (Å²) in [5.41, 5.74) is 3.37. The summed E-state index contributed by atoms with van der Waals surface area (Å²) >= 11 is 1.59. The molecule has 178 valence electrons. The molecule has 0 aromatic heterocycles. The number of aryl methyl sites for hydroxylation is 1. The van der Waals surface area contributed by atoms with E-state index < -0.39 is 6.04 Å². The van der Waals surface area contributed by atoms with Gasteiger partial charge in [0.25, 0.3) is 0 Å². The topological polar surface area (TPSA) is 58.6 Å². The molecule has 2 aromatic carbocycles. The number of methoxy groups -OCH3 is 1. The van der Waals surface area contributed by atoms with Gasteiger partial charge >= 0.3 is 0 Å². The first-order valence-electron chi connectivity index (χ1n) is 11.8. The molecule has 1 N–H and O–H groups in total. The maximum Gasteiger partial charge on any atom is 0.242 e. The highest BCUT2D eigenvalue weighted by Crippen LogP contribution is 2.21. The number of rotatable bonds is 10. The van der Waals surface area contributed by atoms with Crippen LogP contribution in [0.25, 0.3) is 0 Å². The normalized spacial score (nSPS) is 15.0. The maximum absolute atomic E-state index is 13.3. The van der Waals surface area contributed by atoms with Gasteiger partial charge in [-0.25, -0.2) is 0 Å². The van der Waals surface area contributed by atoms with Crippen LogP contribution >= 0.6 is 11.8 Å². The van der Waals surface area contributed by atoms with Crippen molar-refractivity contribution < 1.29 is 14.3 Å². The molecule has 0 aliphatic heterocycles. The molecule has 3 rings (SSSR count). The summed E-state index contributed by atoms with van der Waals surface area (Å²) in [6, 6.07) is 15.7. The van der Waals surface area contributed by atoms with Crippen LogP contribution in [0.3, 0.4) is 0 Å². The number of hydrogen-bond donors (Lipinski definition) is 1. The number of carbonyl (C=O) groups is 2. The summed E-state index contributed by atoms with van der Waals surface area (Å²) in [6.07, 6.45) is 5.59. The molecule has 1 aliphatic rings. The van der Waals surface area contributed by atoms with E-state index in [4.69, 9.17) is 4.74 Å². The molecule has 2 amide bonds. The fourth-order valence-corrected chi connectivity index (χ4v) is 5.12. The first-order chi connectivity index (χ1) is 16.0. The quantitative estimate of drug-likeness (QED) is 0.527. The molecule has 0 spiro atoms. The van der Waals surface area contributed by atoms with Crippen LogP contribution in [0.2, 0.25) is 0 Å². The van der Waals surface area contributed by atoms with Crippen molar-refractivity contribution in [2.45, 2.75) is 70.3 Å². The number of ether oxygens (including phenoxy) is 1. The van der Waals surface area contributed by atoms with Gasteiger partial charge in [-0.2, -0.15) is 0 Å². The van der Waals surface area contributed by atoms with Gasteiger partial charge in [0.05, 0.1) is 12.9 Å². The second-order valence-corrected chi connectivity index (χ2v) is 9.86. The van der Waals surface area contributed by atoms with Crippen LogP contribution < -0.4 is 10.1 Å². The molecule has 1 atom stereocenters. The van der Waals surface area contributed by atoms with Crippen LogP contribution in [-0.2, 0) is 21.9 Å². The Labute approximate surface area is 202 Å². The molecule has 1 fully saturated rings. The maximum atomic E-state index is 13.3. The third-order valence-corrected chi connectivity index (χ3v) is 7.17. The van der Waals surface area contributed by atoms with E-state index in [-0.39, 0.29) is 17.9 Å². The molecule has 0 heterocycles. The highest BCUT2D eigenvalue weighted by Gasteiger charge is 2.28. The molecule has 1 saturated carbocycles. The fourth-order valence-electron chi connectivity index (χ4n) is 4.26. The Morgan fingerprint density at radius 1 is 1.09 bits per heavy atom. The van der Waals surface area contributed by atoms with Crippen LogP contribution in [0.4, 0.5) is 0 Å². The van der Waals surface area contributed by atoms with Crippen molar-refractivity contribution in [2.24, 2.45) is 0 Å². The number of thioether (sulfide) groups is 1. The van der Waals surface area contributed by atoms with Gasteiger partial charge in [0.1, 0.15) is 11.8 Å². The van der Waals surface area contributed by atoms with Crippen LogP contribution in [0, 0.1) is 6.92 Å². The molecule has 2 aromatic rings. The number of nitrogens with one attached hydrogen (secondary N) is 1. The number of benzene rings is 2. The summed E-state index contributed by atoms with van der Waals surface area (Å²) in [5, 5.41) is 3.19. The van der Waals surface area contributed by atoms with E-state index in [2.05, 4.69) is 30.4 Å². The van der Waals surface area contributed by atoms with Crippen molar-refractivity contribution in [1.29, 1.82) is 0 Å². The number of nitrogens with zero attached hydrogens (tertiary/aromatic N) is 1. The minimum Gasteiger partial charge on any atom is -0.497 e. The predicted octanol–water partition coefficient (Wildman–Crippen LogP) is 5.10. The average molecular weight is 469 g/mol. The lowest BCUT2D eigenvalue weighted by atomic mass is 9.95. The Bertz CT molecular complexity index is 927. The van der Waals surface area contributed by atoms with Crippen LogP contribution in [0.15, 0.2) is 48.5 Å². The van der Waals surface area contributed by atoms with Crippen LogP contribution in [0.1, 0.15) is 55.7 Å². The van der Waals surface area contributed by atoms with E-state index in [1.54, 1.807) is 23.8 Å². The van der Waals surface area contributed by atoms with Gasteiger partial charge in [0.15, 0.2) is 0 Å². The van der Waals surface area contributed by atoms with Gasteiger partial charge in [-0.1, -0.05) is 61.2 Å². The van der Waals surface area contributed by atoms with E-state index >= 15 is 0 Å². The smallest absolute Gasteiger partial charge is 0.242 e. The predicted molar refractivity (Wildman–Crippen MR) is 135 cm³/mol. The molecule has 33 heavy (non-hydrogen) atoms. The lowest BCUT2D eigenvalue weighted by Crippen LogP contribution is -2.50. The van der Waals surface area contributed by atoms with E-state index in [1.807, 2.05) is 37.3 Å². The fraction of sp³-hybridized carbons (Fsp3) is 0.481. The molecule has 1 unspecified atom stereocenters. The van der Waals surface area contributed by atoms with Gasteiger partial charge in [0, 0.05) is 18.3 Å². The van der Waals surface area contributed by atoms with Crippen LogP contribution in [0.5, 0.6) is 5.75 Å². The molecule has 0 saturated heterocycles. The zero-order valence-corrected chi connectivity index (χ0v) is 20.8. The van der Waals surface area contributed by atoms with Crippen molar-refractivity contribution in [2.75, 3.05) is 12.9 Å². The van der Waals surface area contributed by atoms with E-state index in [0.717, 1.165) is 42.7 Å². The van der Waals surface area contributed by atoms with Crippen molar-refractivity contribution in [3.05, 3.63) is 65.2 Å². The van der Waals surface area contributed by atoms with E-state index in [0.29, 0.717) is 12.3 Å². The summed E-state index contributed by atoms with van der Waals surface area (Å²) in [6.45, 7) is 4.28. The van der Waals surface area contributed by atoms with Gasteiger partial charge in [-0.3, -0.25) is 9.59 Å². The molecular formula is C27H36N2O3S. The highest BCUT2D eigenvalue weighted by molar-refractivity contribution is 7.99. The Balaban J connectivity index is 1.67. The Kier molecular flexibility index (Phi) is 9.67. The molecule has 0 bridgehead atoms. The number of hydrogen-bond acceptors (Lipinski definition) is 4. The molecule has 1 aliphatic carbocycles. The molecule has 6 heteroatoms. The second-order valence-electron chi connectivity index (χ2n) is 8.87. The third-order valence-electron chi connectivity index (χ3n) is 6.18. The van der Waals surface area contributed by atoms with Crippen molar-refractivity contribution >= 4 is 23.6 Å². The molecular weight excluding hydrogens is 432 g/mol. The second kappa shape index (κ2) is 12.7. The standard InChI is InChI=1S/C27H36N2O3S/c1-20-9-7-11-23(15-20)18-33-19-26(30)29(17-22-10-8-14-25(16-22)32-3)21(2)27(31)28-24-12-5-4-6-13-24/h7-11,14-16,21,24H,4-6,12-13,17-19H2,1-3H3,(H,28,31). The number of amides is 2. The molecule has 0 radical (unpaired) electrons. The lowest BCUT2D eigenvalue weighted by molar-refractivity contribution is -0.139. The van der Waals surface area contributed by atoms with E-state index in [1.165, 1.54) is 17.5 Å². The lowest BCUT2D eigenvalue weighted by Gasteiger charge is -2.31. The zero-order valence-electron chi connectivity index (χ0n) is 20.0. The first kappa shape index (κ1) is 25.2. The summed E-state index contributed by atoms with van der Waals surface area (Å²) in [7, 11) is 1.63. The van der Waals surface area contributed by atoms with Crippen molar-refractivity contribution in [3.63, 3.8) is 0 Å². The minimum atomic E-state index is -0.537. The summed E-state index contributed by atoms with van der Waals surface area (Å²) in [4.78, 5) is 28.1. The minimum absolute atomic E-state index is 0.0261. The van der Waals surface area contributed by atoms with Gasteiger partial charge in [0.2, 0.25) is 11.8 Å². The Hall–Kier alpha value is -2.47. The van der Waals surface area contributed by atoms with Gasteiger partial charge < -0.3 is 15.0 Å². The molecule has 5 nitrogen and oxygen atoms in total. The number of carbonyl (C=O) groups excluding carboxylic acids is 2. The van der Waals surface area contributed by atoms with Crippen LogP contribution in [-0.4, -0.2) is 41.7 Å². The third kappa shape index (κ3) is 7.81. The van der Waals surface area contributed by atoms with Crippen molar-refractivity contribution in [3.8, 4) is 5.75 Å². The Morgan fingerprint density at radius 2 is 1.82 bits per heavy atom. The monoisotopic (exact) mass is 468 g/mol. The summed E-state index contributed by atoms with van der Waals surface area (Å²) in [5.74, 6) is 1.75. The first-order valence-corrected chi connectivity index (χ1v) is 13.0. The van der Waals surface area contributed by atoms with E-state index in [9.17, 15) is 9.59 Å². The average Bonchev–Trinajstić information content (AvgIpc) is 2.83. The largest absolute Gasteiger partial charge is 0.497 e. The van der Waals surface area contributed by atoms with Gasteiger partial charge in [-0.15, -0.1) is 11.8 Å². The Morgan fingerprint density at radius 3 is 2.55 bits per heavy atom. The summed E-state index contributed by atoms with van der Waals surface area (Å²) < 4.78 is 5.34. The SMILES string of the molecule is COc1cccc(CN(C(=O)CSCc2cccc(C)c2)C(C)C(=O)NC2CCCCC2)c1.